The van der Waals surface area contributed by atoms with Crippen LogP contribution < -0.4 is 21.1 Å². The van der Waals surface area contributed by atoms with Crippen molar-refractivity contribution in [3.8, 4) is 23.0 Å². The van der Waals surface area contributed by atoms with Crippen LogP contribution in [0.2, 0.25) is 0 Å². The number of carbonyl (C=O) groups excluding carboxylic acids is 3. The Labute approximate surface area is 183 Å². The van der Waals surface area contributed by atoms with Crippen LogP contribution in [0.1, 0.15) is 34.2 Å². The minimum atomic E-state index is -0.701. The number of anilines is 1. The second-order valence-electron chi connectivity index (χ2n) is 7.17. The predicted octanol–water partition coefficient (Wildman–Crippen LogP) is 1.93. The normalized spacial score (nSPS) is 15.2. The van der Waals surface area contributed by atoms with Gasteiger partial charge in [0.05, 0.1) is 0 Å². The molecule has 10 nitrogen and oxygen atoms in total. The fraction of sp³-hybridized carbons (Fsp3) is 0.182. The largest absolute Gasteiger partial charge is 0.439 e. The van der Waals surface area contributed by atoms with Crippen molar-refractivity contribution in [3.63, 3.8) is 0 Å². The van der Waals surface area contributed by atoms with Crippen molar-refractivity contribution < 1.29 is 19.1 Å². The Hall–Kier alpha value is -4.34. The van der Waals surface area contributed by atoms with Crippen LogP contribution in [0, 0.1) is 0 Å². The smallest absolute Gasteiger partial charge is 0.267 e. The zero-order chi connectivity index (χ0) is 22.7. The molecule has 0 spiro atoms. The first-order chi connectivity index (χ1) is 15.4. The number of ketones is 1. The fourth-order valence-electron chi connectivity index (χ4n) is 3.13. The second-order valence-corrected chi connectivity index (χ2v) is 7.17. The highest BCUT2D eigenvalue weighted by atomic mass is 16.5. The van der Waals surface area contributed by atoms with E-state index in [9.17, 15) is 14.4 Å². The van der Waals surface area contributed by atoms with Crippen molar-refractivity contribution in [2.75, 3.05) is 11.9 Å². The molecule has 0 unspecified atom stereocenters. The van der Waals surface area contributed by atoms with Gasteiger partial charge in [0.2, 0.25) is 11.8 Å². The van der Waals surface area contributed by atoms with Crippen molar-refractivity contribution >= 4 is 23.4 Å². The Bertz CT molecular complexity index is 1180. The van der Waals surface area contributed by atoms with E-state index in [4.69, 9.17) is 10.5 Å². The van der Waals surface area contributed by atoms with Gasteiger partial charge in [0, 0.05) is 36.0 Å². The first-order valence-electron chi connectivity index (χ1n) is 9.87. The molecular weight excluding hydrogens is 412 g/mol. The van der Waals surface area contributed by atoms with Crippen LogP contribution in [0.3, 0.4) is 0 Å². The molecule has 1 aromatic carbocycles. The van der Waals surface area contributed by atoms with Gasteiger partial charge < -0.3 is 21.1 Å². The maximum absolute atomic E-state index is 11.8. The van der Waals surface area contributed by atoms with Gasteiger partial charge in [-0.1, -0.05) is 0 Å². The van der Waals surface area contributed by atoms with Gasteiger partial charge >= 0.3 is 0 Å². The molecule has 162 valence electrons. The van der Waals surface area contributed by atoms with E-state index >= 15 is 0 Å². The van der Waals surface area contributed by atoms with Crippen LogP contribution in [0.25, 0.3) is 11.4 Å². The summed E-state index contributed by atoms with van der Waals surface area (Å²) in [6.45, 7) is 2.04. The standard InChI is InChI=1S/C22H20N6O4/c1-12(29)14-4-7-19(25-11-14)32-15-5-2-13(3-6-15)21-27-17(20(23)30)10-18(28-21)26-16-8-9-24-22(16)31/h2-7,10-11,16H,8-9H2,1H3,(H2,23,30)(H,24,31)(H,26,27,28)/t16-/m0/s1. The molecular formula is C22H20N6O4. The topological polar surface area (TPSA) is 149 Å². The maximum atomic E-state index is 11.8. The van der Waals surface area contributed by atoms with E-state index in [1.54, 1.807) is 36.4 Å². The first kappa shape index (κ1) is 20.9. The van der Waals surface area contributed by atoms with Crippen LogP contribution in [-0.2, 0) is 4.79 Å². The zero-order valence-electron chi connectivity index (χ0n) is 17.2. The maximum Gasteiger partial charge on any atom is 0.267 e. The molecule has 2 amide bonds. The van der Waals surface area contributed by atoms with E-state index in [2.05, 4.69) is 25.6 Å². The van der Waals surface area contributed by atoms with Gasteiger partial charge in [0.15, 0.2) is 11.6 Å². The number of benzene rings is 1. The molecule has 1 atom stereocenters. The van der Waals surface area contributed by atoms with Crippen molar-refractivity contribution in [1.29, 1.82) is 0 Å². The van der Waals surface area contributed by atoms with Crippen LogP contribution in [0.15, 0.2) is 48.7 Å². The summed E-state index contributed by atoms with van der Waals surface area (Å²) in [7, 11) is 0. The van der Waals surface area contributed by atoms with Gasteiger partial charge in [-0.15, -0.1) is 0 Å². The third-order valence-electron chi connectivity index (χ3n) is 4.83. The van der Waals surface area contributed by atoms with Gasteiger partial charge in [-0.25, -0.2) is 15.0 Å². The molecule has 0 radical (unpaired) electrons. The Balaban J connectivity index is 1.55. The summed E-state index contributed by atoms with van der Waals surface area (Å²) in [5, 5.41) is 5.76. The molecule has 2 aromatic heterocycles. The van der Waals surface area contributed by atoms with E-state index in [0.29, 0.717) is 41.5 Å². The van der Waals surface area contributed by atoms with Gasteiger partial charge in [-0.3, -0.25) is 14.4 Å². The number of nitrogens with two attached hydrogens (primary N) is 1. The number of carbonyl (C=O) groups is 3. The van der Waals surface area contributed by atoms with Crippen molar-refractivity contribution in [2.24, 2.45) is 5.73 Å². The summed E-state index contributed by atoms with van der Waals surface area (Å²) >= 11 is 0. The molecule has 1 saturated heterocycles. The molecule has 0 aliphatic carbocycles. The van der Waals surface area contributed by atoms with Crippen LogP contribution in [0.5, 0.6) is 11.6 Å². The monoisotopic (exact) mass is 432 g/mol. The quantitative estimate of drug-likeness (QED) is 0.480. The minimum absolute atomic E-state index is 0.0333. The molecule has 3 heterocycles. The lowest BCUT2D eigenvalue weighted by atomic mass is 10.2. The highest BCUT2D eigenvalue weighted by Crippen LogP contribution is 2.25. The van der Waals surface area contributed by atoms with Gasteiger partial charge in [-0.05, 0) is 43.7 Å². The molecule has 1 aliphatic heterocycles. The molecule has 32 heavy (non-hydrogen) atoms. The number of nitrogens with one attached hydrogen (secondary N) is 2. The number of pyridine rings is 1. The van der Waals surface area contributed by atoms with Crippen molar-refractivity contribution in [2.45, 2.75) is 19.4 Å². The lowest BCUT2D eigenvalue weighted by Crippen LogP contribution is -2.30. The molecule has 1 fully saturated rings. The number of nitrogens with zero attached hydrogens (tertiary/aromatic N) is 3. The van der Waals surface area contributed by atoms with Crippen LogP contribution in [-0.4, -0.2) is 45.1 Å². The number of hydrogen-bond donors (Lipinski definition) is 3. The predicted molar refractivity (Wildman–Crippen MR) is 115 cm³/mol. The summed E-state index contributed by atoms with van der Waals surface area (Å²) < 4.78 is 5.70. The fourth-order valence-corrected chi connectivity index (χ4v) is 3.13. The Morgan fingerprint density at radius 1 is 1.16 bits per heavy atom. The van der Waals surface area contributed by atoms with E-state index < -0.39 is 11.9 Å². The number of rotatable bonds is 7. The summed E-state index contributed by atoms with van der Waals surface area (Å²) in [6, 6.07) is 11.1. The van der Waals surface area contributed by atoms with Crippen LogP contribution in [0.4, 0.5) is 5.82 Å². The van der Waals surface area contributed by atoms with Gasteiger partial charge in [0.25, 0.3) is 5.91 Å². The molecule has 3 aromatic rings. The van der Waals surface area contributed by atoms with E-state index in [1.165, 1.54) is 19.2 Å². The average molecular weight is 432 g/mol. The lowest BCUT2D eigenvalue weighted by Gasteiger charge is -2.13. The lowest BCUT2D eigenvalue weighted by molar-refractivity contribution is -0.119. The molecule has 4 rings (SSSR count). The highest BCUT2D eigenvalue weighted by molar-refractivity contribution is 5.94. The van der Waals surface area contributed by atoms with Crippen molar-refractivity contribution in [1.82, 2.24) is 20.3 Å². The number of ether oxygens (including phenoxy) is 1. The average Bonchev–Trinajstić information content (AvgIpc) is 3.18. The van der Waals surface area contributed by atoms with Gasteiger partial charge in [0.1, 0.15) is 23.3 Å². The third kappa shape index (κ3) is 4.69. The number of aromatic nitrogens is 3. The molecule has 10 heteroatoms. The summed E-state index contributed by atoms with van der Waals surface area (Å²) in [6.07, 6.45) is 2.06. The Morgan fingerprint density at radius 3 is 2.53 bits per heavy atom. The molecule has 4 N–H and O–H groups in total. The summed E-state index contributed by atoms with van der Waals surface area (Å²) in [5.41, 5.74) is 6.58. The minimum Gasteiger partial charge on any atom is -0.439 e. The van der Waals surface area contributed by atoms with Crippen LogP contribution >= 0.6 is 0 Å². The first-order valence-corrected chi connectivity index (χ1v) is 9.87. The summed E-state index contributed by atoms with van der Waals surface area (Å²) in [5.74, 6) is 0.567. The third-order valence-corrected chi connectivity index (χ3v) is 4.83. The SMILES string of the molecule is CC(=O)c1ccc(Oc2ccc(-c3nc(N[C@H]4CCNC4=O)cc(C(N)=O)n3)cc2)nc1. The molecule has 0 saturated carbocycles. The van der Waals surface area contributed by atoms with E-state index in [1.807, 2.05) is 0 Å². The number of hydrogen-bond acceptors (Lipinski definition) is 8. The van der Waals surface area contributed by atoms with Gasteiger partial charge in [-0.2, -0.15) is 0 Å². The Morgan fingerprint density at radius 2 is 1.94 bits per heavy atom. The van der Waals surface area contributed by atoms with E-state index in [0.717, 1.165) is 0 Å². The van der Waals surface area contributed by atoms with Crippen molar-refractivity contribution in [3.05, 3.63) is 59.9 Å². The van der Waals surface area contributed by atoms with E-state index in [-0.39, 0.29) is 23.2 Å². The molecule has 0 bridgehead atoms. The Kier molecular flexibility index (Phi) is 5.75. The number of primary amides is 1. The highest BCUT2D eigenvalue weighted by Gasteiger charge is 2.24. The second kappa shape index (κ2) is 8.80. The number of amides is 2. The number of Topliss-reactive ketones (excluding diaryl/α,β-unsaturated/α-hetero) is 1. The molecule has 1 aliphatic rings. The zero-order valence-corrected chi connectivity index (χ0v) is 17.2. The summed E-state index contributed by atoms with van der Waals surface area (Å²) in [4.78, 5) is 47.7.